The predicted octanol–water partition coefficient (Wildman–Crippen LogP) is 1.17. The Hall–Kier alpha value is -2.37. The van der Waals surface area contributed by atoms with Gasteiger partial charge in [-0.25, -0.2) is 4.40 Å². The summed E-state index contributed by atoms with van der Waals surface area (Å²) in [5, 5.41) is 8.99. The molecule has 4 rings (SSSR count). The molecule has 0 amide bonds. The van der Waals surface area contributed by atoms with Crippen LogP contribution in [0.1, 0.15) is 12.8 Å². The van der Waals surface area contributed by atoms with Crippen molar-refractivity contribution in [3.05, 3.63) is 34.6 Å². The van der Waals surface area contributed by atoms with Gasteiger partial charge in [-0.3, -0.25) is 9.78 Å². The maximum atomic E-state index is 12.0. The fraction of sp³-hybridized carbons (Fsp3) is 0.308. The molecule has 19 heavy (non-hydrogen) atoms. The molecule has 1 aromatic carbocycles. The lowest BCUT2D eigenvalue weighted by Gasteiger charge is -2.15. The fourth-order valence-electron chi connectivity index (χ4n) is 2.73. The smallest absolute Gasteiger partial charge is 0.260 e. The Labute approximate surface area is 108 Å². The number of nitrogens with zero attached hydrogens (tertiary/aromatic N) is 4. The molecular formula is C13H13N5O. The van der Waals surface area contributed by atoms with Crippen molar-refractivity contribution in [1.29, 1.82) is 0 Å². The molecule has 0 aliphatic carbocycles. The second-order valence-electron chi connectivity index (χ2n) is 4.82. The Balaban J connectivity index is 2.11. The fourth-order valence-corrected chi connectivity index (χ4v) is 2.73. The number of aromatic nitrogens is 4. The first-order valence-corrected chi connectivity index (χ1v) is 6.46. The Morgan fingerprint density at radius 1 is 1.11 bits per heavy atom. The summed E-state index contributed by atoms with van der Waals surface area (Å²) in [5.74, 6) is 1.32. The zero-order valence-corrected chi connectivity index (χ0v) is 10.3. The lowest BCUT2D eigenvalue weighted by molar-refractivity contribution is 0.890. The highest BCUT2D eigenvalue weighted by molar-refractivity contribution is 5.81. The maximum Gasteiger partial charge on any atom is 0.260 e. The van der Waals surface area contributed by atoms with Crippen LogP contribution in [0.2, 0.25) is 0 Å². The van der Waals surface area contributed by atoms with Crippen molar-refractivity contribution in [2.45, 2.75) is 12.8 Å². The van der Waals surface area contributed by atoms with Gasteiger partial charge in [-0.1, -0.05) is 12.1 Å². The zero-order valence-electron chi connectivity index (χ0n) is 10.3. The summed E-state index contributed by atoms with van der Waals surface area (Å²) in [4.78, 5) is 17.0. The third-order valence-corrected chi connectivity index (χ3v) is 3.65. The van der Waals surface area contributed by atoms with Crippen LogP contribution in [-0.4, -0.2) is 32.7 Å². The molecule has 96 valence electrons. The maximum absolute atomic E-state index is 12.0. The van der Waals surface area contributed by atoms with E-state index in [0.29, 0.717) is 11.2 Å². The topological polar surface area (TPSA) is 66.3 Å². The molecule has 3 heterocycles. The molecule has 1 aliphatic rings. The first kappa shape index (κ1) is 10.5. The van der Waals surface area contributed by atoms with E-state index in [-0.39, 0.29) is 5.56 Å². The van der Waals surface area contributed by atoms with Crippen molar-refractivity contribution in [2.24, 2.45) is 0 Å². The number of anilines is 1. The molecule has 1 N–H and O–H groups in total. The lowest BCUT2D eigenvalue weighted by Crippen LogP contribution is -2.21. The molecule has 0 spiro atoms. The molecule has 3 aromatic rings. The Kier molecular flexibility index (Phi) is 2.11. The largest absolute Gasteiger partial charge is 0.341 e. The van der Waals surface area contributed by atoms with Crippen molar-refractivity contribution < 1.29 is 0 Å². The van der Waals surface area contributed by atoms with Crippen LogP contribution in [0.25, 0.3) is 16.7 Å². The van der Waals surface area contributed by atoms with E-state index in [0.717, 1.165) is 24.6 Å². The molecular weight excluding hydrogens is 242 g/mol. The summed E-state index contributed by atoms with van der Waals surface area (Å²) >= 11 is 0. The summed E-state index contributed by atoms with van der Waals surface area (Å²) in [5.41, 5.74) is 0.733. The standard InChI is InChI=1S/C13H13N5O/c19-11-9-5-1-2-6-10(9)18-12(14-11)15-16-13(18)17-7-3-4-8-17/h1-2,5-6H,3-4,7-8H2,(H,14,15,19). The average molecular weight is 255 g/mol. The number of aromatic amines is 1. The van der Waals surface area contributed by atoms with Crippen LogP contribution in [0, 0.1) is 0 Å². The van der Waals surface area contributed by atoms with Crippen LogP contribution < -0.4 is 10.5 Å². The molecule has 0 atom stereocenters. The van der Waals surface area contributed by atoms with Crippen LogP contribution in [0.4, 0.5) is 5.95 Å². The number of H-pyrrole nitrogens is 1. The van der Waals surface area contributed by atoms with Crippen molar-refractivity contribution in [1.82, 2.24) is 19.6 Å². The van der Waals surface area contributed by atoms with Gasteiger partial charge >= 0.3 is 0 Å². The van der Waals surface area contributed by atoms with Gasteiger partial charge < -0.3 is 4.90 Å². The van der Waals surface area contributed by atoms with Gasteiger partial charge in [0.1, 0.15) is 0 Å². The van der Waals surface area contributed by atoms with E-state index in [1.165, 1.54) is 12.8 Å². The quantitative estimate of drug-likeness (QED) is 0.709. The number of para-hydroxylation sites is 1. The summed E-state index contributed by atoms with van der Waals surface area (Å²) in [7, 11) is 0. The van der Waals surface area contributed by atoms with E-state index < -0.39 is 0 Å². The molecule has 0 bridgehead atoms. The molecule has 0 radical (unpaired) electrons. The van der Waals surface area contributed by atoms with E-state index in [9.17, 15) is 4.79 Å². The van der Waals surface area contributed by atoms with Crippen LogP contribution in [0.5, 0.6) is 0 Å². The average Bonchev–Trinajstić information content (AvgIpc) is 3.07. The summed E-state index contributed by atoms with van der Waals surface area (Å²) in [6.45, 7) is 1.99. The lowest BCUT2D eigenvalue weighted by atomic mass is 10.2. The van der Waals surface area contributed by atoms with Crippen LogP contribution in [0.15, 0.2) is 29.1 Å². The van der Waals surface area contributed by atoms with Gasteiger partial charge in [0.25, 0.3) is 5.56 Å². The van der Waals surface area contributed by atoms with Crippen molar-refractivity contribution in [3.8, 4) is 0 Å². The van der Waals surface area contributed by atoms with Crippen molar-refractivity contribution >= 4 is 22.6 Å². The zero-order chi connectivity index (χ0) is 12.8. The summed E-state index contributed by atoms with van der Waals surface area (Å²) < 4.78 is 1.93. The van der Waals surface area contributed by atoms with E-state index in [1.54, 1.807) is 0 Å². The minimum absolute atomic E-state index is 0.122. The Morgan fingerprint density at radius 2 is 1.89 bits per heavy atom. The normalized spacial score (nSPS) is 15.7. The van der Waals surface area contributed by atoms with Gasteiger partial charge in [0.2, 0.25) is 11.7 Å². The Bertz CT molecular complexity index is 813. The highest BCUT2D eigenvalue weighted by atomic mass is 16.1. The van der Waals surface area contributed by atoms with Crippen LogP contribution in [-0.2, 0) is 0 Å². The van der Waals surface area contributed by atoms with Gasteiger partial charge in [-0.05, 0) is 25.0 Å². The van der Waals surface area contributed by atoms with Crippen molar-refractivity contribution in [3.63, 3.8) is 0 Å². The number of hydrogen-bond donors (Lipinski definition) is 1. The first-order chi connectivity index (χ1) is 9.34. The van der Waals surface area contributed by atoms with E-state index >= 15 is 0 Å². The minimum atomic E-state index is -0.122. The highest BCUT2D eigenvalue weighted by Crippen LogP contribution is 2.21. The molecule has 2 aromatic heterocycles. The molecule has 1 fully saturated rings. The number of rotatable bonds is 1. The Morgan fingerprint density at radius 3 is 2.74 bits per heavy atom. The highest BCUT2D eigenvalue weighted by Gasteiger charge is 2.19. The SMILES string of the molecule is O=c1[nH]c2nnc(N3CCCC3)n2c2ccccc12. The molecule has 1 saturated heterocycles. The van der Waals surface area contributed by atoms with Gasteiger partial charge in [-0.15, -0.1) is 10.2 Å². The van der Waals surface area contributed by atoms with Gasteiger partial charge in [0.15, 0.2) is 0 Å². The summed E-state index contributed by atoms with van der Waals surface area (Å²) in [6.07, 6.45) is 2.35. The van der Waals surface area contributed by atoms with Gasteiger partial charge in [0.05, 0.1) is 10.9 Å². The van der Waals surface area contributed by atoms with Crippen LogP contribution in [0.3, 0.4) is 0 Å². The molecule has 0 unspecified atom stereocenters. The monoisotopic (exact) mass is 255 g/mol. The van der Waals surface area contributed by atoms with E-state index in [4.69, 9.17) is 0 Å². The summed E-state index contributed by atoms with van der Waals surface area (Å²) in [6, 6.07) is 7.54. The van der Waals surface area contributed by atoms with E-state index in [1.807, 2.05) is 28.7 Å². The molecule has 6 heteroatoms. The number of hydrogen-bond acceptors (Lipinski definition) is 4. The number of nitrogens with one attached hydrogen (secondary N) is 1. The minimum Gasteiger partial charge on any atom is -0.341 e. The first-order valence-electron chi connectivity index (χ1n) is 6.46. The predicted molar refractivity (Wildman–Crippen MR) is 72.6 cm³/mol. The molecule has 0 saturated carbocycles. The second kappa shape index (κ2) is 3.81. The third kappa shape index (κ3) is 1.46. The number of benzene rings is 1. The number of fused-ring (bicyclic) bond motifs is 3. The third-order valence-electron chi connectivity index (χ3n) is 3.65. The second-order valence-corrected chi connectivity index (χ2v) is 4.82. The van der Waals surface area contributed by atoms with Crippen molar-refractivity contribution in [2.75, 3.05) is 18.0 Å². The van der Waals surface area contributed by atoms with Gasteiger partial charge in [-0.2, -0.15) is 0 Å². The van der Waals surface area contributed by atoms with Gasteiger partial charge in [0, 0.05) is 13.1 Å². The van der Waals surface area contributed by atoms with Crippen LogP contribution >= 0.6 is 0 Å². The molecule has 6 nitrogen and oxygen atoms in total. The van der Waals surface area contributed by atoms with E-state index in [2.05, 4.69) is 20.1 Å². The molecule has 1 aliphatic heterocycles.